The highest BCUT2D eigenvalue weighted by Gasteiger charge is 2.60. The van der Waals surface area contributed by atoms with E-state index in [9.17, 15) is 9.59 Å². The Morgan fingerprint density at radius 2 is 1.85 bits per heavy atom. The number of ketones is 1. The van der Waals surface area contributed by atoms with Crippen LogP contribution in [0.2, 0.25) is 0 Å². The molecular formula is C16H21NO3. The zero-order valence-electron chi connectivity index (χ0n) is 12.4. The molecule has 0 bridgehead atoms. The van der Waals surface area contributed by atoms with Crippen LogP contribution < -0.4 is 5.32 Å². The third-order valence-corrected chi connectivity index (χ3v) is 3.52. The summed E-state index contributed by atoms with van der Waals surface area (Å²) in [5.74, 6) is 0.00549. The van der Waals surface area contributed by atoms with Crippen molar-refractivity contribution in [2.24, 2.45) is 0 Å². The lowest BCUT2D eigenvalue weighted by Gasteiger charge is -2.23. The number of hydrogen-bond acceptors (Lipinski definition) is 3. The molecule has 1 amide bonds. The van der Waals surface area contributed by atoms with Crippen LogP contribution >= 0.6 is 0 Å². The normalized spacial score (nSPS) is 24.9. The van der Waals surface area contributed by atoms with E-state index in [0.717, 1.165) is 5.56 Å². The fourth-order valence-electron chi connectivity index (χ4n) is 2.45. The second kappa shape index (κ2) is 4.93. The number of carbonyl (C=O) groups is 2. The van der Waals surface area contributed by atoms with Gasteiger partial charge in [0.25, 0.3) is 0 Å². The molecule has 1 aromatic carbocycles. The largest absolute Gasteiger partial charge is 0.444 e. The first-order valence-corrected chi connectivity index (χ1v) is 6.82. The van der Waals surface area contributed by atoms with Crippen molar-refractivity contribution in [1.82, 2.24) is 5.32 Å². The summed E-state index contributed by atoms with van der Waals surface area (Å²) in [7, 11) is 0. The number of ether oxygens (including phenoxy) is 1. The highest BCUT2D eigenvalue weighted by atomic mass is 16.6. The molecular weight excluding hydrogens is 254 g/mol. The number of nitrogens with one attached hydrogen (secondary N) is 1. The van der Waals surface area contributed by atoms with Crippen LogP contribution in [-0.2, 0) is 9.53 Å². The molecule has 2 rings (SSSR count). The Morgan fingerprint density at radius 3 is 2.35 bits per heavy atom. The first-order chi connectivity index (χ1) is 9.24. The van der Waals surface area contributed by atoms with Gasteiger partial charge in [0, 0.05) is 5.92 Å². The minimum absolute atomic E-state index is 0.0304. The molecule has 0 aromatic heterocycles. The fourth-order valence-corrected chi connectivity index (χ4v) is 2.45. The van der Waals surface area contributed by atoms with E-state index in [1.165, 1.54) is 6.92 Å². The Morgan fingerprint density at radius 1 is 1.25 bits per heavy atom. The lowest BCUT2D eigenvalue weighted by Crippen LogP contribution is -2.45. The number of rotatable bonds is 3. The SMILES string of the molecule is CC(=O)[C@]1(NC(=O)OC(C)(C)C)C[C@@H]1c1ccccc1. The molecule has 1 aliphatic rings. The standard InChI is InChI=1S/C16H21NO3/c1-11(18)16(17-14(19)20-15(2,3)4)10-13(16)12-8-6-5-7-9-12/h5-9,13H,10H2,1-4H3,(H,17,19)/t13-,16-/m1/s1. The fraction of sp³-hybridized carbons (Fsp3) is 0.500. The number of Topliss-reactive ketones (excluding diaryl/α,β-unsaturated/α-hetero) is 1. The quantitative estimate of drug-likeness (QED) is 0.922. The van der Waals surface area contributed by atoms with Gasteiger partial charge in [-0.3, -0.25) is 4.79 Å². The minimum Gasteiger partial charge on any atom is -0.444 e. The summed E-state index contributed by atoms with van der Waals surface area (Å²) < 4.78 is 5.25. The van der Waals surface area contributed by atoms with E-state index in [1.807, 2.05) is 30.3 Å². The molecule has 4 nitrogen and oxygen atoms in total. The zero-order chi connectivity index (χ0) is 15.0. The Balaban J connectivity index is 2.11. The molecule has 4 heteroatoms. The highest BCUT2D eigenvalue weighted by Crippen LogP contribution is 2.52. The molecule has 0 heterocycles. The lowest BCUT2D eigenvalue weighted by atomic mass is 10.0. The van der Waals surface area contributed by atoms with Crippen molar-refractivity contribution in [3.8, 4) is 0 Å². The third-order valence-electron chi connectivity index (χ3n) is 3.52. The van der Waals surface area contributed by atoms with Gasteiger partial charge in [0.1, 0.15) is 11.1 Å². The summed E-state index contributed by atoms with van der Waals surface area (Å²) in [6.45, 7) is 6.91. The molecule has 1 saturated carbocycles. The Kier molecular flexibility index (Phi) is 3.59. The van der Waals surface area contributed by atoms with Gasteiger partial charge in [0.2, 0.25) is 0 Å². The number of alkyl carbamates (subject to hydrolysis) is 1. The van der Waals surface area contributed by atoms with Gasteiger partial charge < -0.3 is 10.1 Å². The van der Waals surface area contributed by atoms with E-state index >= 15 is 0 Å². The van der Waals surface area contributed by atoms with Gasteiger partial charge in [-0.2, -0.15) is 0 Å². The molecule has 1 aromatic rings. The van der Waals surface area contributed by atoms with Gasteiger partial charge in [0.05, 0.1) is 0 Å². The number of amides is 1. The summed E-state index contributed by atoms with van der Waals surface area (Å²) in [4.78, 5) is 23.9. The summed E-state index contributed by atoms with van der Waals surface area (Å²) in [6, 6.07) is 9.76. The van der Waals surface area contributed by atoms with E-state index in [2.05, 4.69) is 5.32 Å². The van der Waals surface area contributed by atoms with Gasteiger partial charge in [-0.25, -0.2) is 4.79 Å². The van der Waals surface area contributed by atoms with Crippen molar-refractivity contribution < 1.29 is 14.3 Å². The predicted octanol–water partition coefficient (Wildman–Crippen LogP) is 3.03. The van der Waals surface area contributed by atoms with Gasteiger partial charge in [-0.05, 0) is 39.7 Å². The van der Waals surface area contributed by atoms with Gasteiger partial charge in [-0.15, -0.1) is 0 Å². The van der Waals surface area contributed by atoms with E-state index in [1.54, 1.807) is 20.8 Å². The average molecular weight is 275 g/mol. The molecule has 1 aliphatic carbocycles. The van der Waals surface area contributed by atoms with Crippen molar-refractivity contribution in [2.45, 2.75) is 51.2 Å². The van der Waals surface area contributed by atoms with Crippen molar-refractivity contribution in [1.29, 1.82) is 0 Å². The van der Waals surface area contributed by atoms with Crippen LogP contribution in [-0.4, -0.2) is 23.0 Å². The van der Waals surface area contributed by atoms with Crippen LogP contribution in [0, 0.1) is 0 Å². The molecule has 1 fully saturated rings. The molecule has 1 N–H and O–H groups in total. The van der Waals surface area contributed by atoms with Crippen LogP contribution in [0.1, 0.15) is 45.6 Å². The maximum absolute atomic E-state index is 11.9. The number of benzene rings is 1. The van der Waals surface area contributed by atoms with Crippen LogP contribution in [0.4, 0.5) is 4.79 Å². The first kappa shape index (κ1) is 14.6. The lowest BCUT2D eigenvalue weighted by molar-refractivity contribution is -0.120. The average Bonchev–Trinajstić information content (AvgIpc) is 3.03. The van der Waals surface area contributed by atoms with E-state index in [4.69, 9.17) is 4.74 Å². The van der Waals surface area contributed by atoms with E-state index < -0.39 is 17.2 Å². The second-order valence-corrected chi connectivity index (χ2v) is 6.32. The van der Waals surface area contributed by atoms with Gasteiger partial charge in [0.15, 0.2) is 5.78 Å². The molecule has 0 aliphatic heterocycles. The second-order valence-electron chi connectivity index (χ2n) is 6.32. The Hall–Kier alpha value is -1.84. The molecule has 0 radical (unpaired) electrons. The van der Waals surface area contributed by atoms with E-state index in [0.29, 0.717) is 6.42 Å². The zero-order valence-corrected chi connectivity index (χ0v) is 12.4. The number of hydrogen-bond donors (Lipinski definition) is 1. The number of carbonyl (C=O) groups excluding carboxylic acids is 2. The molecule has 20 heavy (non-hydrogen) atoms. The van der Waals surface area contributed by atoms with Crippen LogP contribution in [0.5, 0.6) is 0 Å². The summed E-state index contributed by atoms with van der Waals surface area (Å²) in [5, 5.41) is 2.76. The smallest absolute Gasteiger partial charge is 0.408 e. The van der Waals surface area contributed by atoms with Crippen LogP contribution in [0.15, 0.2) is 30.3 Å². The molecule has 0 saturated heterocycles. The third kappa shape index (κ3) is 3.00. The van der Waals surface area contributed by atoms with Crippen LogP contribution in [0.3, 0.4) is 0 Å². The van der Waals surface area contributed by atoms with Gasteiger partial charge in [-0.1, -0.05) is 30.3 Å². The predicted molar refractivity (Wildman–Crippen MR) is 76.6 cm³/mol. The maximum atomic E-state index is 11.9. The Bertz CT molecular complexity index is 518. The minimum atomic E-state index is -0.802. The summed E-state index contributed by atoms with van der Waals surface area (Å²) >= 11 is 0. The monoisotopic (exact) mass is 275 g/mol. The van der Waals surface area contributed by atoms with Crippen LogP contribution in [0.25, 0.3) is 0 Å². The molecule has 0 spiro atoms. The van der Waals surface area contributed by atoms with Crippen molar-refractivity contribution in [2.75, 3.05) is 0 Å². The maximum Gasteiger partial charge on any atom is 0.408 e. The van der Waals surface area contributed by atoms with E-state index in [-0.39, 0.29) is 11.7 Å². The highest BCUT2D eigenvalue weighted by molar-refractivity contribution is 5.94. The topological polar surface area (TPSA) is 55.4 Å². The summed E-state index contributed by atoms with van der Waals surface area (Å²) in [6.07, 6.45) is 0.0946. The van der Waals surface area contributed by atoms with Crippen molar-refractivity contribution in [3.63, 3.8) is 0 Å². The van der Waals surface area contributed by atoms with Gasteiger partial charge >= 0.3 is 6.09 Å². The van der Waals surface area contributed by atoms with Crippen molar-refractivity contribution in [3.05, 3.63) is 35.9 Å². The molecule has 108 valence electrons. The molecule has 0 unspecified atom stereocenters. The Labute approximate surface area is 119 Å². The van der Waals surface area contributed by atoms with Crippen molar-refractivity contribution >= 4 is 11.9 Å². The summed E-state index contributed by atoms with van der Waals surface area (Å²) in [5.41, 5.74) is -0.304. The molecule has 2 atom stereocenters. The first-order valence-electron chi connectivity index (χ1n) is 6.82.